The number of rotatable bonds is 2. The van der Waals surface area contributed by atoms with Crippen LogP contribution in [0.15, 0.2) is 0 Å². The summed E-state index contributed by atoms with van der Waals surface area (Å²) in [6, 6.07) is 0. The van der Waals surface area contributed by atoms with E-state index in [-0.39, 0.29) is 6.10 Å². The summed E-state index contributed by atoms with van der Waals surface area (Å²) in [4.78, 5) is 0. The van der Waals surface area contributed by atoms with Crippen LogP contribution in [-0.4, -0.2) is 11.2 Å². The fourth-order valence-corrected chi connectivity index (χ4v) is 6.25. The Bertz CT molecular complexity index is 308. The van der Waals surface area contributed by atoms with Gasteiger partial charge in [0.1, 0.15) is 0 Å². The summed E-state index contributed by atoms with van der Waals surface area (Å²) in [7, 11) is 0. The lowest BCUT2D eigenvalue weighted by molar-refractivity contribution is -0.0275. The normalized spacial score (nSPS) is 61.6. The SMILES string of the molecule is CCC(O)C12CC3CC4CC(C1)C4(C3)C2. The zero-order chi connectivity index (χ0) is 10.3. The van der Waals surface area contributed by atoms with Crippen LogP contribution in [-0.2, 0) is 0 Å². The van der Waals surface area contributed by atoms with E-state index >= 15 is 0 Å². The third-order valence-corrected chi connectivity index (χ3v) is 6.60. The Morgan fingerprint density at radius 3 is 2.87 bits per heavy atom. The third-order valence-electron chi connectivity index (χ3n) is 6.60. The van der Waals surface area contributed by atoms with Crippen LogP contribution in [0, 0.1) is 28.6 Å². The van der Waals surface area contributed by atoms with Crippen LogP contribution in [0.25, 0.3) is 0 Å². The van der Waals surface area contributed by atoms with Crippen molar-refractivity contribution in [3.8, 4) is 0 Å². The molecular formula is C14H22O. The molecule has 15 heavy (non-hydrogen) atoms. The Morgan fingerprint density at radius 2 is 2.07 bits per heavy atom. The highest BCUT2D eigenvalue weighted by atomic mass is 16.3. The second-order valence-electron chi connectivity index (χ2n) is 7.04. The zero-order valence-electron chi connectivity index (χ0n) is 9.71. The summed E-state index contributed by atoms with van der Waals surface area (Å²) >= 11 is 0. The maximum absolute atomic E-state index is 10.4. The molecule has 0 heterocycles. The van der Waals surface area contributed by atoms with Crippen LogP contribution in [0.1, 0.15) is 51.9 Å². The van der Waals surface area contributed by atoms with Gasteiger partial charge >= 0.3 is 0 Å². The molecule has 3 bridgehead atoms. The first kappa shape index (κ1) is 9.04. The van der Waals surface area contributed by atoms with Gasteiger partial charge in [-0.3, -0.25) is 0 Å². The molecule has 4 saturated carbocycles. The third kappa shape index (κ3) is 0.833. The first-order valence-electron chi connectivity index (χ1n) is 6.87. The van der Waals surface area contributed by atoms with Gasteiger partial charge in [-0.15, -0.1) is 0 Å². The van der Waals surface area contributed by atoms with Gasteiger partial charge in [-0.05, 0) is 73.5 Å². The second kappa shape index (κ2) is 2.45. The molecule has 0 aliphatic heterocycles. The number of hydrogen-bond donors (Lipinski definition) is 1. The van der Waals surface area contributed by atoms with Crippen LogP contribution in [0.3, 0.4) is 0 Å². The topological polar surface area (TPSA) is 20.2 Å². The predicted molar refractivity (Wildman–Crippen MR) is 59.3 cm³/mol. The fraction of sp³-hybridized carbons (Fsp3) is 1.00. The zero-order valence-corrected chi connectivity index (χ0v) is 9.71. The second-order valence-corrected chi connectivity index (χ2v) is 7.04. The van der Waals surface area contributed by atoms with Crippen molar-refractivity contribution in [1.29, 1.82) is 0 Å². The van der Waals surface area contributed by atoms with Gasteiger partial charge in [0, 0.05) is 0 Å². The molecule has 0 radical (unpaired) electrons. The molecule has 0 aromatic carbocycles. The Morgan fingerprint density at radius 1 is 1.20 bits per heavy atom. The molecule has 0 amide bonds. The minimum absolute atomic E-state index is 0.00141. The highest BCUT2D eigenvalue weighted by molar-refractivity contribution is 5.21. The van der Waals surface area contributed by atoms with E-state index in [1.165, 1.54) is 38.5 Å². The smallest absolute Gasteiger partial charge is 0.0594 e. The molecule has 6 atom stereocenters. The van der Waals surface area contributed by atoms with Gasteiger partial charge in [0.15, 0.2) is 0 Å². The first-order valence-corrected chi connectivity index (χ1v) is 6.87. The van der Waals surface area contributed by atoms with Crippen molar-refractivity contribution < 1.29 is 5.11 Å². The van der Waals surface area contributed by atoms with Crippen LogP contribution < -0.4 is 0 Å². The van der Waals surface area contributed by atoms with Gasteiger partial charge in [-0.25, -0.2) is 0 Å². The molecule has 0 saturated heterocycles. The lowest BCUT2D eigenvalue weighted by Gasteiger charge is -2.49. The average molecular weight is 206 g/mol. The van der Waals surface area contributed by atoms with Gasteiger partial charge < -0.3 is 5.11 Å². The van der Waals surface area contributed by atoms with Crippen molar-refractivity contribution in [2.24, 2.45) is 28.6 Å². The first-order chi connectivity index (χ1) is 7.18. The van der Waals surface area contributed by atoms with Crippen molar-refractivity contribution in [1.82, 2.24) is 0 Å². The number of aliphatic hydroxyl groups excluding tert-OH is 1. The standard InChI is InChI=1S/C14H22O/c1-2-12(15)13-5-9-3-10-4-11(7-13)14(10,6-9)8-13/h9-12,15H,2-8H2,1H3. The monoisotopic (exact) mass is 206 g/mol. The van der Waals surface area contributed by atoms with Gasteiger partial charge in [-0.1, -0.05) is 6.92 Å². The molecule has 0 aromatic heterocycles. The van der Waals surface area contributed by atoms with E-state index in [0.717, 1.165) is 29.6 Å². The molecule has 4 aliphatic rings. The van der Waals surface area contributed by atoms with E-state index in [4.69, 9.17) is 0 Å². The molecule has 84 valence electrons. The van der Waals surface area contributed by atoms with E-state index in [9.17, 15) is 5.11 Å². The highest BCUT2D eigenvalue weighted by Crippen LogP contribution is 2.79. The van der Waals surface area contributed by atoms with E-state index in [2.05, 4.69) is 6.92 Å². The fourth-order valence-electron chi connectivity index (χ4n) is 6.25. The number of aliphatic hydroxyl groups is 1. The van der Waals surface area contributed by atoms with Crippen molar-refractivity contribution in [3.05, 3.63) is 0 Å². The Hall–Kier alpha value is -0.0400. The average Bonchev–Trinajstić information content (AvgIpc) is 2.54. The Kier molecular flexibility index (Phi) is 1.47. The molecular weight excluding hydrogens is 184 g/mol. The summed E-state index contributed by atoms with van der Waals surface area (Å²) in [5.74, 6) is 3.06. The number of hydrogen-bond acceptors (Lipinski definition) is 1. The minimum Gasteiger partial charge on any atom is -0.393 e. The minimum atomic E-state index is 0.00141. The van der Waals surface area contributed by atoms with Crippen molar-refractivity contribution in [2.45, 2.75) is 58.0 Å². The maximum Gasteiger partial charge on any atom is 0.0594 e. The largest absolute Gasteiger partial charge is 0.393 e. The van der Waals surface area contributed by atoms with E-state index in [1.54, 1.807) is 0 Å². The van der Waals surface area contributed by atoms with Gasteiger partial charge in [-0.2, -0.15) is 0 Å². The molecule has 1 nitrogen and oxygen atoms in total. The lowest BCUT2D eigenvalue weighted by Crippen LogP contribution is -2.42. The molecule has 4 fully saturated rings. The van der Waals surface area contributed by atoms with Crippen molar-refractivity contribution in [3.63, 3.8) is 0 Å². The molecule has 6 unspecified atom stereocenters. The molecule has 4 aliphatic carbocycles. The van der Waals surface area contributed by atoms with E-state index < -0.39 is 0 Å². The van der Waals surface area contributed by atoms with Crippen LogP contribution in [0.4, 0.5) is 0 Å². The predicted octanol–water partition coefficient (Wildman–Crippen LogP) is 2.97. The molecule has 1 spiro atoms. The van der Waals surface area contributed by atoms with Gasteiger partial charge in [0.05, 0.1) is 6.10 Å². The van der Waals surface area contributed by atoms with Crippen molar-refractivity contribution in [2.75, 3.05) is 0 Å². The quantitative estimate of drug-likeness (QED) is 0.736. The highest BCUT2D eigenvalue weighted by Gasteiger charge is 2.71. The van der Waals surface area contributed by atoms with E-state index in [0.29, 0.717) is 5.41 Å². The summed E-state index contributed by atoms with van der Waals surface area (Å²) in [5.41, 5.74) is 1.12. The lowest BCUT2D eigenvalue weighted by atomic mass is 9.55. The van der Waals surface area contributed by atoms with Crippen molar-refractivity contribution >= 4 is 0 Å². The van der Waals surface area contributed by atoms with Crippen LogP contribution in [0.5, 0.6) is 0 Å². The summed E-state index contributed by atoms with van der Waals surface area (Å²) in [6.45, 7) is 2.16. The van der Waals surface area contributed by atoms with Gasteiger partial charge in [0.2, 0.25) is 0 Å². The maximum atomic E-state index is 10.4. The van der Waals surface area contributed by atoms with E-state index in [1.807, 2.05) is 0 Å². The summed E-state index contributed by atoms with van der Waals surface area (Å²) < 4.78 is 0. The summed E-state index contributed by atoms with van der Waals surface area (Å²) in [5, 5.41) is 10.4. The number of fused-ring (bicyclic) bond motifs is 2. The molecule has 1 heteroatoms. The van der Waals surface area contributed by atoms with Gasteiger partial charge in [0.25, 0.3) is 0 Å². The van der Waals surface area contributed by atoms with Crippen LogP contribution >= 0.6 is 0 Å². The Labute approximate surface area is 92.3 Å². The molecule has 0 aromatic rings. The Balaban J connectivity index is 1.75. The summed E-state index contributed by atoms with van der Waals surface area (Å²) in [6.07, 6.45) is 9.64. The molecule has 1 N–H and O–H groups in total. The van der Waals surface area contributed by atoms with Crippen LogP contribution in [0.2, 0.25) is 0 Å². The molecule has 4 rings (SSSR count).